The average molecular weight is 417 g/mol. The van der Waals surface area contributed by atoms with E-state index in [9.17, 15) is 24.4 Å². The van der Waals surface area contributed by atoms with Crippen LogP contribution in [0.5, 0.6) is 11.5 Å². The number of carbonyl (C=O) groups excluding carboxylic acids is 1. The lowest BCUT2D eigenvalue weighted by atomic mass is 10.1. The van der Waals surface area contributed by atoms with Crippen LogP contribution in [-0.2, 0) is 4.79 Å². The van der Waals surface area contributed by atoms with Gasteiger partial charge in [0.15, 0.2) is 10.9 Å². The van der Waals surface area contributed by atoms with Crippen molar-refractivity contribution in [2.75, 3.05) is 13.7 Å². The summed E-state index contributed by atoms with van der Waals surface area (Å²) in [5.74, 6) is -1.36. The highest BCUT2D eigenvalue weighted by molar-refractivity contribution is 8.18. The van der Waals surface area contributed by atoms with Gasteiger partial charge in [-0.2, -0.15) is 0 Å². The quantitative estimate of drug-likeness (QED) is 0.447. The van der Waals surface area contributed by atoms with Crippen molar-refractivity contribution in [1.82, 2.24) is 4.90 Å². The lowest BCUT2D eigenvalue weighted by Gasteiger charge is -2.11. The lowest BCUT2D eigenvalue weighted by molar-refractivity contribution is -0.386. The molecular weight excluding hydrogens is 401 g/mol. The number of nitro groups is 1. The molecule has 0 bridgehead atoms. The third kappa shape index (κ3) is 4.21. The zero-order valence-corrected chi connectivity index (χ0v) is 16.3. The minimum atomic E-state index is -0.733. The number of methoxy groups -OCH3 is 1. The van der Waals surface area contributed by atoms with Crippen molar-refractivity contribution in [3.05, 3.63) is 62.8 Å². The number of benzene rings is 2. The number of amidine groups is 1. The Morgan fingerprint density at radius 2 is 2.03 bits per heavy atom. The molecule has 0 spiro atoms. The largest absolute Gasteiger partial charge is 0.500 e. The number of hydrogen-bond donors (Lipinski definition) is 1. The fourth-order valence-electron chi connectivity index (χ4n) is 2.64. The van der Waals surface area contributed by atoms with E-state index in [1.54, 1.807) is 6.92 Å². The van der Waals surface area contributed by atoms with Crippen LogP contribution < -0.4 is 4.74 Å². The zero-order valence-electron chi connectivity index (χ0n) is 15.5. The van der Waals surface area contributed by atoms with Crippen molar-refractivity contribution in [3.8, 4) is 11.5 Å². The fourth-order valence-corrected chi connectivity index (χ4v) is 3.70. The number of nitrogens with zero attached hydrogens (tertiary/aromatic N) is 3. The van der Waals surface area contributed by atoms with Crippen molar-refractivity contribution in [1.29, 1.82) is 0 Å². The first-order valence-electron chi connectivity index (χ1n) is 8.45. The van der Waals surface area contributed by atoms with Crippen LogP contribution in [0.1, 0.15) is 12.5 Å². The van der Waals surface area contributed by atoms with Crippen LogP contribution in [0.25, 0.3) is 6.08 Å². The second kappa shape index (κ2) is 8.31. The molecule has 0 saturated carbocycles. The van der Waals surface area contributed by atoms with Gasteiger partial charge >= 0.3 is 5.69 Å². The molecule has 0 unspecified atom stereocenters. The Morgan fingerprint density at radius 1 is 1.34 bits per heavy atom. The number of aromatic hydroxyl groups is 1. The number of amides is 1. The van der Waals surface area contributed by atoms with E-state index in [0.29, 0.717) is 27.9 Å². The summed E-state index contributed by atoms with van der Waals surface area (Å²) in [7, 11) is 1.28. The topological polar surface area (TPSA) is 105 Å². The SMILES string of the molecule is CCN1C(=O)/C(=C\c2cc(OC)c(O)c([N+](=O)[O-])c2)SC1=Nc1ccc(F)cc1. The minimum Gasteiger partial charge on any atom is -0.500 e. The van der Waals surface area contributed by atoms with Crippen LogP contribution >= 0.6 is 11.8 Å². The highest BCUT2D eigenvalue weighted by Gasteiger charge is 2.32. The van der Waals surface area contributed by atoms with Gasteiger partial charge in [0.1, 0.15) is 5.82 Å². The molecule has 2 aromatic rings. The first kappa shape index (κ1) is 20.3. The molecule has 2 aromatic carbocycles. The van der Waals surface area contributed by atoms with E-state index >= 15 is 0 Å². The van der Waals surface area contributed by atoms with Gasteiger partial charge in [0, 0.05) is 12.6 Å². The molecule has 1 aliphatic heterocycles. The smallest absolute Gasteiger partial charge is 0.315 e. The van der Waals surface area contributed by atoms with Gasteiger partial charge in [-0.3, -0.25) is 19.8 Å². The first-order chi connectivity index (χ1) is 13.8. The van der Waals surface area contributed by atoms with Crippen molar-refractivity contribution < 1.29 is 24.0 Å². The molecule has 1 fully saturated rings. The summed E-state index contributed by atoms with van der Waals surface area (Å²) < 4.78 is 18.1. The molecule has 0 aliphatic carbocycles. The number of hydrogen-bond acceptors (Lipinski definition) is 7. The van der Waals surface area contributed by atoms with E-state index in [-0.39, 0.29) is 17.5 Å². The van der Waals surface area contributed by atoms with E-state index in [0.717, 1.165) is 17.8 Å². The maximum absolute atomic E-state index is 13.1. The van der Waals surface area contributed by atoms with E-state index in [4.69, 9.17) is 4.74 Å². The molecule has 3 rings (SSSR count). The van der Waals surface area contributed by atoms with Gasteiger partial charge in [-0.25, -0.2) is 9.38 Å². The summed E-state index contributed by atoms with van der Waals surface area (Å²) >= 11 is 1.10. The van der Waals surface area contributed by atoms with E-state index in [1.165, 1.54) is 48.4 Å². The highest BCUT2D eigenvalue weighted by atomic mass is 32.2. The van der Waals surface area contributed by atoms with Crippen molar-refractivity contribution in [3.63, 3.8) is 0 Å². The lowest BCUT2D eigenvalue weighted by Crippen LogP contribution is -2.28. The van der Waals surface area contributed by atoms with Crippen molar-refractivity contribution in [2.45, 2.75) is 6.92 Å². The maximum atomic E-state index is 13.1. The van der Waals surface area contributed by atoms with Gasteiger partial charge in [0.25, 0.3) is 5.91 Å². The predicted molar refractivity (Wildman–Crippen MR) is 108 cm³/mol. The Morgan fingerprint density at radius 3 is 2.62 bits per heavy atom. The number of phenolic OH excluding ortho intramolecular Hbond substituents is 1. The molecule has 1 N–H and O–H groups in total. The molecule has 0 aromatic heterocycles. The average Bonchev–Trinajstić information content (AvgIpc) is 2.98. The number of rotatable bonds is 5. The highest BCUT2D eigenvalue weighted by Crippen LogP contribution is 2.39. The van der Waals surface area contributed by atoms with Crippen molar-refractivity contribution >= 4 is 40.3 Å². The molecule has 8 nitrogen and oxygen atoms in total. The van der Waals surface area contributed by atoms with Crippen molar-refractivity contribution in [2.24, 2.45) is 4.99 Å². The number of nitro benzene ring substituents is 1. The van der Waals surface area contributed by atoms with Gasteiger partial charge in [-0.15, -0.1) is 0 Å². The third-order valence-electron chi connectivity index (χ3n) is 4.05. The summed E-state index contributed by atoms with van der Waals surface area (Å²) in [6.45, 7) is 2.15. The summed E-state index contributed by atoms with van der Waals surface area (Å²) in [5, 5.41) is 21.5. The number of thioether (sulfide) groups is 1. The normalized spacial score (nSPS) is 16.7. The number of ether oxygens (including phenoxy) is 1. The van der Waals surface area contributed by atoms with Crippen LogP contribution in [0.15, 0.2) is 46.3 Å². The van der Waals surface area contributed by atoms with Gasteiger partial charge in [-0.1, -0.05) is 0 Å². The van der Waals surface area contributed by atoms with Crippen LogP contribution in [0.2, 0.25) is 0 Å². The number of aliphatic imine (C=N–C) groups is 1. The van der Waals surface area contributed by atoms with Crippen LogP contribution in [-0.4, -0.2) is 39.7 Å². The fraction of sp³-hybridized carbons (Fsp3) is 0.158. The molecule has 1 saturated heterocycles. The number of likely N-dealkylation sites (N-methyl/N-ethyl adjacent to an activating group) is 1. The summed E-state index contributed by atoms with van der Waals surface area (Å²) in [4.78, 5) is 29.3. The number of halogens is 1. The molecule has 29 heavy (non-hydrogen) atoms. The molecule has 1 amide bonds. The minimum absolute atomic E-state index is 0.0750. The van der Waals surface area contributed by atoms with E-state index in [2.05, 4.69) is 4.99 Å². The summed E-state index contributed by atoms with van der Waals surface area (Å²) in [6, 6.07) is 8.10. The molecule has 0 atom stereocenters. The number of phenols is 1. The Balaban J connectivity index is 2.00. The molecule has 1 heterocycles. The summed E-state index contributed by atoms with van der Waals surface area (Å²) in [5.41, 5.74) is 0.281. The molecule has 150 valence electrons. The van der Waals surface area contributed by atoms with Crippen LogP contribution in [0, 0.1) is 15.9 Å². The zero-order chi connectivity index (χ0) is 21.1. The molecular formula is C19H16FN3O5S. The van der Waals surface area contributed by atoms with Gasteiger partial charge in [-0.05, 0) is 60.7 Å². The Labute approximate surface area is 169 Å². The summed E-state index contributed by atoms with van der Waals surface area (Å²) in [6.07, 6.45) is 1.47. The van der Waals surface area contributed by atoms with E-state index < -0.39 is 16.4 Å². The third-order valence-corrected chi connectivity index (χ3v) is 5.05. The Kier molecular flexibility index (Phi) is 5.83. The number of carbonyl (C=O) groups is 1. The Hall–Kier alpha value is -3.40. The van der Waals surface area contributed by atoms with Gasteiger partial charge < -0.3 is 9.84 Å². The van der Waals surface area contributed by atoms with Gasteiger partial charge in [0.2, 0.25) is 5.75 Å². The monoisotopic (exact) mass is 417 g/mol. The van der Waals surface area contributed by atoms with E-state index in [1.807, 2.05) is 0 Å². The molecule has 0 radical (unpaired) electrons. The Bertz CT molecular complexity index is 1040. The predicted octanol–water partition coefficient (Wildman–Crippen LogP) is 4.07. The molecule has 1 aliphatic rings. The second-order valence-electron chi connectivity index (χ2n) is 5.88. The van der Waals surface area contributed by atoms with Crippen LogP contribution in [0.3, 0.4) is 0 Å². The standard InChI is InChI=1S/C19H16FN3O5S/c1-3-22-18(25)16(29-19(22)21-13-6-4-12(20)5-7-13)10-11-8-14(23(26)27)17(24)15(9-11)28-2/h4-10,24H,3H2,1-2H3/b16-10+,21-19?. The molecule has 10 heteroatoms. The van der Waals surface area contributed by atoms with Crippen LogP contribution in [0.4, 0.5) is 15.8 Å². The first-order valence-corrected chi connectivity index (χ1v) is 9.26. The second-order valence-corrected chi connectivity index (χ2v) is 6.89. The van der Waals surface area contributed by atoms with Gasteiger partial charge in [0.05, 0.1) is 22.6 Å². The maximum Gasteiger partial charge on any atom is 0.315 e.